The summed E-state index contributed by atoms with van der Waals surface area (Å²) in [5, 5.41) is 7.02. The predicted molar refractivity (Wildman–Crippen MR) is 92.3 cm³/mol. The van der Waals surface area contributed by atoms with Crippen LogP contribution in [0.3, 0.4) is 0 Å². The monoisotopic (exact) mass is 327 g/mol. The van der Waals surface area contributed by atoms with Gasteiger partial charge in [-0.3, -0.25) is 4.79 Å². The lowest BCUT2D eigenvalue weighted by atomic mass is 10.1. The fourth-order valence-corrected chi connectivity index (χ4v) is 2.11. The molecule has 0 fully saturated rings. The average molecular weight is 328 g/mol. The van der Waals surface area contributed by atoms with Crippen LogP contribution in [0.4, 0.5) is 11.4 Å². The van der Waals surface area contributed by atoms with Gasteiger partial charge in [0.05, 0.1) is 17.1 Å². The van der Waals surface area contributed by atoms with E-state index in [4.69, 9.17) is 22.1 Å². The summed E-state index contributed by atoms with van der Waals surface area (Å²) >= 11 is 6.02. The van der Waals surface area contributed by atoms with Crippen molar-refractivity contribution in [3.63, 3.8) is 0 Å². The molecule has 0 aromatic heterocycles. The molecule has 0 aliphatic heterocycles. The van der Waals surface area contributed by atoms with E-state index in [-0.39, 0.29) is 18.4 Å². The molecule has 1 aromatic rings. The van der Waals surface area contributed by atoms with E-state index in [2.05, 4.69) is 10.6 Å². The number of esters is 1. The Labute approximate surface area is 137 Å². The number of nitrogens with one attached hydrogen (secondary N) is 2. The van der Waals surface area contributed by atoms with Gasteiger partial charge >= 0.3 is 5.97 Å². The number of carbonyl (C=O) groups is 1. The number of rotatable bonds is 7. The Kier molecular flexibility index (Phi) is 6.97. The van der Waals surface area contributed by atoms with Crippen molar-refractivity contribution >= 4 is 28.9 Å². The van der Waals surface area contributed by atoms with Crippen molar-refractivity contribution < 1.29 is 9.53 Å². The molecule has 0 bridgehead atoms. The van der Waals surface area contributed by atoms with Crippen LogP contribution in [0.1, 0.15) is 34.1 Å². The molecule has 0 heterocycles. The Hall–Kier alpha value is -1.46. The lowest BCUT2D eigenvalue weighted by molar-refractivity contribution is -0.155. The molecule has 0 saturated heterocycles. The van der Waals surface area contributed by atoms with Crippen molar-refractivity contribution in [3.05, 3.63) is 23.2 Å². The van der Waals surface area contributed by atoms with Gasteiger partial charge in [0.2, 0.25) is 0 Å². The minimum absolute atomic E-state index is 0.0884. The third-order valence-corrected chi connectivity index (χ3v) is 3.17. The first-order valence-electron chi connectivity index (χ1n) is 7.45. The number of nitrogen functional groups attached to an aromatic ring is 1. The largest absolute Gasteiger partial charge is 0.460 e. The van der Waals surface area contributed by atoms with Gasteiger partial charge in [0.1, 0.15) is 5.60 Å². The van der Waals surface area contributed by atoms with Gasteiger partial charge in [0.25, 0.3) is 0 Å². The van der Waals surface area contributed by atoms with E-state index < -0.39 is 5.60 Å². The second-order valence-corrected chi connectivity index (χ2v) is 6.58. The minimum atomic E-state index is -0.482. The maximum Gasteiger partial charge on any atom is 0.308 e. The number of ether oxygens (including phenoxy) is 1. The molecule has 6 heteroatoms. The smallest absolute Gasteiger partial charge is 0.308 e. The molecule has 0 spiro atoms. The van der Waals surface area contributed by atoms with E-state index in [1.54, 1.807) is 12.1 Å². The maximum absolute atomic E-state index is 12.0. The highest BCUT2D eigenvalue weighted by molar-refractivity contribution is 6.33. The van der Waals surface area contributed by atoms with E-state index in [1.165, 1.54) is 0 Å². The highest BCUT2D eigenvalue weighted by atomic mass is 35.5. The van der Waals surface area contributed by atoms with Crippen molar-refractivity contribution in [1.29, 1.82) is 0 Å². The number of carbonyl (C=O) groups excluding carboxylic acids is 1. The van der Waals surface area contributed by atoms with Crippen LogP contribution >= 0.6 is 11.6 Å². The maximum atomic E-state index is 12.0. The number of halogens is 1. The molecule has 22 heavy (non-hydrogen) atoms. The molecule has 0 saturated carbocycles. The summed E-state index contributed by atoms with van der Waals surface area (Å²) in [6.45, 7) is 9.07. The molecule has 5 nitrogen and oxygen atoms in total. The van der Waals surface area contributed by atoms with Crippen molar-refractivity contribution in [2.24, 2.45) is 0 Å². The van der Waals surface area contributed by atoms with E-state index in [0.29, 0.717) is 17.3 Å². The van der Waals surface area contributed by atoms with Crippen LogP contribution in [-0.4, -0.2) is 30.7 Å². The number of likely N-dealkylation sites (N-methyl/N-ethyl adjacent to an activating group) is 1. The lowest BCUT2D eigenvalue weighted by Gasteiger charge is -2.24. The van der Waals surface area contributed by atoms with Crippen molar-refractivity contribution in [2.75, 3.05) is 24.1 Å². The minimum Gasteiger partial charge on any atom is -0.460 e. The van der Waals surface area contributed by atoms with E-state index in [0.717, 1.165) is 12.2 Å². The van der Waals surface area contributed by atoms with Gasteiger partial charge in [-0.25, -0.2) is 0 Å². The fraction of sp³-hybridized carbons (Fsp3) is 0.562. The van der Waals surface area contributed by atoms with Gasteiger partial charge < -0.3 is 21.1 Å². The fourth-order valence-electron chi connectivity index (χ4n) is 1.93. The molecule has 0 amide bonds. The van der Waals surface area contributed by atoms with Crippen LogP contribution < -0.4 is 16.4 Å². The molecule has 1 aromatic carbocycles. The zero-order valence-corrected chi connectivity index (χ0v) is 14.5. The van der Waals surface area contributed by atoms with Gasteiger partial charge in [0.15, 0.2) is 0 Å². The zero-order valence-electron chi connectivity index (χ0n) is 13.7. The first-order valence-corrected chi connectivity index (χ1v) is 7.83. The summed E-state index contributed by atoms with van der Waals surface area (Å²) in [5.74, 6) is -0.232. The zero-order chi connectivity index (χ0) is 16.8. The Morgan fingerprint density at radius 3 is 2.64 bits per heavy atom. The van der Waals surface area contributed by atoms with E-state index >= 15 is 0 Å². The molecule has 0 unspecified atom stereocenters. The molecule has 124 valence electrons. The molecule has 1 atom stereocenters. The molecule has 0 aliphatic carbocycles. The number of hydrogen-bond donors (Lipinski definition) is 3. The quantitative estimate of drug-likeness (QED) is 0.530. The molecule has 0 aliphatic rings. The van der Waals surface area contributed by atoms with E-state index in [1.807, 2.05) is 33.8 Å². The van der Waals surface area contributed by atoms with Crippen LogP contribution in [0.5, 0.6) is 0 Å². The predicted octanol–water partition coefficient (Wildman–Crippen LogP) is 3.04. The lowest BCUT2D eigenvalue weighted by Crippen LogP contribution is -2.36. The van der Waals surface area contributed by atoms with Crippen molar-refractivity contribution in [1.82, 2.24) is 5.32 Å². The summed E-state index contributed by atoms with van der Waals surface area (Å²) in [6.07, 6.45) is 0.270. The van der Waals surface area contributed by atoms with Gasteiger partial charge in [-0.2, -0.15) is 0 Å². The Bertz CT molecular complexity index is 501. The second-order valence-electron chi connectivity index (χ2n) is 6.18. The molecule has 4 N–H and O–H groups in total. The molecule has 1 rings (SSSR count). The third kappa shape index (κ3) is 7.00. The molecular formula is C16H26ClN3O2. The summed E-state index contributed by atoms with van der Waals surface area (Å²) in [6, 6.07) is 5.25. The van der Waals surface area contributed by atoms with Crippen molar-refractivity contribution in [2.45, 2.75) is 45.8 Å². The average Bonchev–Trinajstić information content (AvgIpc) is 2.38. The van der Waals surface area contributed by atoms with Gasteiger partial charge in [-0.05, 0) is 45.5 Å². The number of benzene rings is 1. The van der Waals surface area contributed by atoms with E-state index in [9.17, 15) is 4.79 Å². The Morgan fingerprint density at radius 2 is 2.09 bits per heavy atom. The van der Waals surface area contributed by atoms with Gasteiger partial charge in [-0.1, -0.05) is 18.5 Å². The van der Waals surface area contributed by atoms with Crippen LogP contribution in [0, 0.1) is 0 Å². The van der Waals surface area contributed by atoms with Crippen LogP contribution in [-0.2, 0) is 9.53 Å². The third-order valence-electron chi connectivity index (χ3n) is 2.85. The standard InChI is InChI=1S/C16H26ClN3O2/c1-5-19-10-12(9-15(21)22-16(2,3)4)20-11-6-7-14(18)13(17)8-11/h6-8,12,19-20H,5,9-10,18H2,1-4H3/t12-/m0/s1. The highest BCUT2D eigenvalue weighted by Crippen LogP contribution is 2.23. The van der Waals surface area contributed by atoms with Crippen molar-refractivity contribution in [3.8, 4) is 0 Å². The first-order chi connectivity index (χ1) is 10.2. The molecule has 0 radical (unpaired) electrons. The van der Waals surface area contributed by atoms with Gasteiger partial charge in [0, 0.05) is 18.3 Å². The summed E-state index contributed by atoms with van der Waals surface area (Å²) in [4.78, 5) is 12.0. The van der Waals surface area contributed by atoms with Crippen LogP contribution in [0.15, 0.2) is 18.2 Å². The molecular weight excluding hydrogens is 302 g/mol. The topological polar surface area (TPSA) is 76.4 Å². The Balaban J connectivity index is 2.71. The Morgan fingerprint density at radius 1 is 1.41 bits per heavy atom. The SMILES string of the molecule is CCNC[C@H](CC(=O)OC(C)(C)C)Nc1ccc(N)c(Cl)c1. The second kappa shape index (κ2) is 8.25. The summed E-state index contributed by atoms with van der Waals surface area (Å²) in [5.41, 5.74) is 6.58. The highest BCUT2D eigenvalue weighted by Gasteiger charge is 2.20. The van der Waals surface area contributed by atoms with Crippen LogP contribution in [0.2, 0.25) is 5.02 Å². The summed E-state index contributed by atoms with van der Waals surface area (Å²) < 4.78 is 5.38. The number of hydrogen-bond acceptors (Lipinski definition) is 5. The normalized spacial score (nSPS) is 12.8. The number of nitrogens with two attached hydrogens (primary N) is 1. The van der Waals surface area contributed by atoms with Gasteiger partial charge in [-0.15, -0.1) is 0 Å². The summed E-state index contributed by atoms with van der Waals surface area (Å²) in [7, 11) is 0. The number of anilines is 2. The first kappa shape index (κ1) is 18.6. The van der Waals surface area contributed by atoms with Crippen LogP contribution in [0.25, 0.3) is 0 Å².